The third kappa shape index (κ3) is 1.08. The van der Waals surface area contributed by atoms with Crippen LogP contribution in [0.3, 0.4) is 0 Å². The third-order valence-corrected chi connectivity index (χ3v) is 3.42. The Kier molecular flexibility index (Phi) is 1.80. The van der Waals surface area contributed by atoms with Gasteiger partial charge in [0.15, 0.2) is 5.16 Å². The van der Waals surface area contributed by atoms with E-state index in [0.717, 1.165) is 11.4 Å². The van der Waals surface area contributed by atoms with Crippen LogP contribution >= 0.6 is 11.6 Å². The van der Waals surface area contributed by atoms with Gasteiger partial charge in [-0.25, -0.2) is 15.0 Å². The molecule has 1 fully saturated rings. The minimum atomic E-state index is 0.351. The second kappa shape index (κ2) is 3.02. The lowest BCUT2D eigenvalue weighted by Gasteiger charge is -2.32. The maximum Gasteiger partial charge on any atom is 0.156 e. The Hall–Kier alpha value is -0.960. The summed E-state index contributed by atoms with van der Waals surface area (Å²) in [6, 6.07) is 0. The molecule has 1 atom stereocenters. The SMILES string of the molecule is ClC1=C2N=CN=C2C(C2CCC2)C=N1. The first-order valence-electron chi connectivity index (χ1n) is 4.91. The molecule has 4 heteroatoms. The molecule has 2 aliphatic heterocycles. The molecule has 14 heavy (non-hydrogen) atoms. The topological polar surface area (TPSA) is 37.1 Å². The van der Waals surface area contributed by atoms with Gasteiger partial charge in [-0.1, -0.05) is 18.0 Å². The van der Waals surface area contributed by atoms with Crippen molar-refractivity contribution in [3.63, 3.8) is 0 Å². The number of hydrogen-bond acceptors (Lipinski definition) is 3. The lowest BCUT2D eigenvalue weighted by molar-refractivity contribution is 0.297. The molecule has 0 radical (unpaired) electrons. The first-order chi connectivity index (χ1) is 6.86. The Labute approximate surface area is 87.3 Å². The van der Waals surface area contributed by atoms with Crippen LogP contribution in [0, 0.1) is 11.8 Å². The summed E-state index contributed by atoms with van der Waals surface area (Å²) in [5, 5.41) is 0.480. The summed E-state index contributed by atoms with van der Waals surface area (Å²) < 4.78 is 0. The summed E-state index contributed by atoms with van der Waals surface area (Å²) in [4.78, 5) is 12.6. The van der Waals surface area contributed by atoms with Crippen molar-refractivity contribution in [3.05, 3.63) is 10.9 Å². The van der Waals surface area contributed by atoms with Crippen LogP contribution in [-0.2, 0) is 0 Å². The lowest BCUT2D eigenvalue weighted by atomic mass is 9.73. The van der Waals surface area contributed by atoms with Crippen molar-refractivity contribution >= 4 is 29.9 Å². The average molecular weight is 208 g/mol. The van der Waals surface area contributed by atoms with Gasteiger partial charge in [-0.15, -0.1) is 0 Å². The highest BCUT2D eigenvalue weighted by atomic mass is 35.5. The van der Waals surface area contributed by atoms with Crippen LogP contribution in [0.25, 0.3) is 0 Å². The van der Waals surface area contributed by atoms with E-state index in [0.29, 0.717) is 17.0 Å². The molecule has 0 spiro atoms. The maximum atomic E-state index is 5.94. The van der Waals surface area contributed by atoms with E-state index in [9.17, 15) is 0 Å². The minimum Gasteiger partial charge on any atom is -0.246 e. The van der Waals surface area contributed by atoms with E-state index < -0.39 is 0 Å². The van der Waals surface area contributed by atoms with Gasteiger partial charge in [0, 0.05) is 12.1 Å². The Morgan fingerprint density at radius 3 is 2.86 bits per heavy atom. The largest absolute Gasteiger partial charge is 0.246 e. The normalized spacial score (nSPS) is 30.4. The summed E-state index contributed by atoms with van der Waals surface area (Å²) in [6.45, 7) is 0. The molecule has 2 heterocycles. The number of rotatable bonds is 1. The van der Waals surface area contributed by atoms with Crippen LogP contribution in [0.2, 0.25) is 0 Å². The molecule has 0 aromatic carbocycles. The molecule has 0 aromatic rings. The number of hydrogen-bond donors (Lipinski definition) is 0. The number of fused-ring (bicyclic) bond motifs is 1. The Bertz CT molecular complexity index is 388. The van der Waals surface area contributed by atoms with Gasteiger partial charge in [0.2, 0.25) is 0 Å². The van der Waals surface area contributed by atoms with E-state index in [-0.39, 0.29) is 0 Å². The van der Waals surface area contributed by atoms with Crippen LogP contribution in [-0.4, -0.2) is 18.3 Å². The van der Waals surface area contributed by atoms with Gasteiger partial charge in [-0.05, 0) is 18.8 Å². The smallest absolute Gasteiger partial charge is 0.156 e. The first-order valence-corrected chi connectivity index (χ1v) is 5.28. The number of halogens is 1. The lowest BCUT2D eigenvalue weighted by Crippen LogP contribution is -2.31. The standard InChI is InChI=1S/C10H10ClN3/c11-10-9-8(13-5-14-9)7(4-12-10)6-2-1-3-6/h4-7H,1-3H2. The average Bonchev–Trinajstić information content (AvgIpc) is 2.55. The van der Waals surface area contributed by atoms with E-state index in [1.54, 1.807) is 6.34 Å². The number of aliphatic imine (C=N–C) groups is 3. The summed E-state index contributed by atoms with van der Waals surface area (Å²) in [7, 11) is 0. The zero-order chi connectivity index (χ0) is 9.54. The van der Waals surface area contributed by atoms with Gasteiger partial charge < -0.3 is 0 Å². The van der Waals surface area contributed by atoms with Crippen molar-refractivity contribution in [1.82, 2.24) is 0 Å². The van der Waals surface area contributed by atoms with Crippen molar-refractivity contribution in [3.8, 4) is 0 Å². The molecule has 1 unspecified atom stereocenters. The van der Waals surface area contributed by atoms with Crippen LogP contribution < -0.4 is 0 Å². The van der Waals surface area contributed by atoms with E-state index in [2.05, 4.69) is 15.0 Å². The molecule has 72 valence electrons. The molecule has 3 aliphatic rings. The van der Waals surface area contributed by atoms with Crippen LogP contribution in [0.5, 0.6) is 0 Å². The molecule has 0 saturated heterocycles. The monoisotopic (exact) mass is 207 g/mol. The Morgan fingerprint density at radius 1 is 1.29 bits per heavy atom. The van der Waals surface area contributed by atoms with E-state index in [4.69, 9.17) is 11.6 Å². The highest BCUT2D eigenvalue weighted by Crippen LogP contribution is 2.38. The van der Waals surface area contributed by atoms with Gasteiger partial charge >= 0.3 is 0 Å². The molecular formula is C10H10ClN3. The summed E-state index contributed by atoms with van der Waals surface area (Å²) in [6.07, 6.45) is 7.40. The van der Waals surface area contributed by atoms with Crippen molar-refractivity contribution in [2.24, 2.45) is 26.8 Å². The van der Waals surface area contributed by atoms with E-state index in [1.807, 2.05) is 6.21 Å². The Morgan fingerprint density at radius 2 is 2.14 bits per heavy atom. The highest BCUT2D eigenvalue weighted by molar-refractivity contribution is 6.35. The van der Waals surface area contributed by atoms with E-state index >= 15 is 0 Å². The van der Waals surface area contributed by atoms with Crippen molar-refractivity contribution in [2.75, 3.05) is 0 Å². The molecule has 1 saturated carbocycles. The second-order valence-electron chi connectivity index (χ2n) is 3.89. The molecular weight excluding hydrogens is 198 g/mol. The molecule has 0 amide bonds. The van der Waals surface area contributed by atoms with Crippen LogP contribution in [0.15, 0.2) is 25.8 Å². The Balaban J connectivity index is 1.95. The summed E-state index contributed by atoms with van der Waals surface area (Å²) >= 11 is 5.94. The van der Waals surface area contributed by atoms with Crippen molar-refractivity contribution in [1.29, 1.82) is 0 Å². The van der Waals surface area contributed by atoms with Crippen LogP contribution in [0.4, 0.5) is 0 Å². The zero-order valence-corrected chi connectivity index (χ0v) is 8.41. The zero-order valence-electron chi connectivity index (χ0n) is 7.65. The molecule has 0 aromatic heterocycles. The molecule has 0 bridgehead atoms. The third-order valence-electron chi connectivity index (χ3n) is 3.14. The van der Waals surface area contributed by atoms with Crippen molar-refractivity contribution in [2.45, 2.75) is 19.3 Å². The van der Waals surface area contributed by atoms with E-state index in [1.165, 1.54) is 19.3 Å². The predicted molar refractivity (Wildman–Crippen MR) is 58.1 cm³/mol. The minimum absolute atomic E-state index is 0.351. The highest BCUT2D eigenvalue weighted by Gasteiger charge is 2.35. The van der Waals surface area contributed by atoms with Gasteiger partial charge in [-0.3, -0.25) is 0 Å². The fraction of sp³-hybridized carbons (Fsp3) is 0.500. The molecule has 0 N–H and O–H groups in total. The van der Waals surface area contributed by atoms with Gasteiger partial charge in [0.05, 0.1) is 5.71 Å². The summed E-state index contributed by atoms with van der Waals surface area (Å²) in [5.74, 6) is 1.06. The quantitative estimate of drug-likeness (QED) is 0.592. The van der Waals surface area contributed by atoms with Crippen LogP contribution in [0.1, 0.15) is 19.3 Å². The number of nitrogens with zero attached hydrogens (tertiary/aromatic N) is 3. The molecule has 1 aliphatic carbocycles. The van der Waals surface area contributed by atoms with Gasteiger partial charge in [0.1, 0.15) is 12.0 Å². The maximum absolute atomic E-state index is 5.94. The first kappa shape index (κ1) is 8.36. The number of allylic oxidation sites excluding steroid dienone is 1. The fourth-order valence-electron chi connectivity index (χ4n) is 2.10. The van der Waals surface area contributed by atoms with Gasteiger partial charge in [0.25, 0.3) is 0 Å². The molecule has 3 rings (SSSR count). The van der Waals surface area contributed by atoms with Gasteiger partial charge in [-0.2, -0.15) is 0 Å². The summed E-state index contributed by atoms with van der Waals surface area (Å²) in [5.41, 5.74) is 1.81. The second-order valence-corrected chi connectivity index (χ2v) is 4.25. The fourth-order valence-corrected chi connectivity index (χ4v) is 2.30. The van der Waals surface area contributed by atoms with Crippen molar-refractivity contribution < 1.29 is 0 Å². The molecule has 3 nitrogen and oxygen atoms in total. The predicted octanol–water partition coefficient (Wildman–Crippen LogP) is 2.38.